The van der Waals surface area contributed by atoms with Crippen molar-refractivity contribution in [2.45, 2.75) is 43.5 Å². The molecule has 98 valence electrons. The summed E-state index contributed by atoms with van der Waals surface area (Å²) in [6.45, 7) is 2.23. The molecule has 2 saturated heterocycles. The van der Waals surface area contributed by atoms with Crippen molar-refractivity contribution in [2.75, 3.05) is 6.61 Å². The van der Waals surface area contributed by atoms with Gasteiger partial charge in [0.15, 0.2) is 6.10 Å². The minimum Gasteiger partial charge on any atom is -0.388 e. The lowest BCUT2D eigenvalue weighted by Gasteiger charge is -2.37. The van der Waals surface area contributed by atoms with Crippen molar-refractivity contribution >= 4 is 5.91 Å². The Hall–Kier alpha value is -0.770. The van der Waals surface area contributed by atoms with Gasteiger partial charge in [-0.25, -0.2) is 9.83 Å². The van der Waals surface area contributed by atoms with E-state index < -0.39 is 42.2 Å². The maximum Gasteiger partial charge on any atom is 0.300 e. The van der Waals surface area contributed by atoms with Gasteiger partial charge in [0.1, 0.15) is 12.7 Å². The second kappa shape index (κ2) is 3.61. The smallest absolute Gasteiger partial charge is 0.300 e. The minimum absolute atomic E-state index is 0.413. The van der Waals surface area contributed by atoms with E-state index in [9.17, 15) is 20.3 Å². The van der Waals surface area contributed by atoms with Crippen molar-refractivity contribution in [3.8, 4) is 0 Å². The highest BCUT2D eigenvalue weighted by atomic mass is 17.2. The molecule has 0 radical (unpaired) electrons. The topological polar surface area (TPSA) is 135 Å². The zero-order chi connectivity index (χ0) is 13.0. The van der Waals surface area contributed by atoms with Gasteiger partial charge >= 0.3 is 0 Å². The van der Waals surface area contributed by atoms with Gasteiger partial charge < -0.3 is 20.6 Å². The highest BCUT2D eigenvalue weighted by Crippen LogP contribution is 2.50. The van der Waals surface area contributed by atoms with Crippen LogP contribution in [-0.2, 0) is 9.31 Å². The summed E-state index contributed by atoms with van der Waals surface area (Å²) in [5.41, 5.74) is -2.52. The molecule has 17 heavy (non-hydrogen) atoms. The zero-order valence-corrected chi connectivity index (χ0v) is 9.54. The van der Waals surface area contributed by atoms with E-state index in [4.69, 9.17) is 5.11 Å². The Bertz CT molecular complexity index is 352. The van der Waals surface area contributed by atoms with E-state index in [0.717, 1.165) is 0 Å². The third-order valence-electron chi connectivity index (χ3n) is 3.53. The van der Waals surface area contributed by atoms with E-state index in [1.807, 2.05) is 0 Å². The van der Waals surface area contributed by atoms with Crippen LogP contribution in [0.15, 0.2) is 0 Å². The number of hydrogen-bond acceptors (Lipinski definition) is 6. The number of carbonyl (C=O) groups excluding carboxylic acids is 1. The first-order valence-electron chi connectivity index (χ1n) is 5.27. The average Bonchev–Trinajstić information content (AvgIpc) is 2.84. The molecule has 0 unspecified atom stereocenters. The molecule has 2 rings (SSSR count). The van der Waals surface area contributed by atoms with Crippen molar-refractivity contribution in [1.82, 2.24) is 10.6 Å². The monoisotopic (exact) mass is 249 g/mol. The SMILES string of the molecule is CC(=O)N[C@@]12N[C@]1(C)[O+](O)[C@H](CO)[C@@H](O)[C@@H]2O. The number of hydrogen-bond donors (Lipinski definition) is 6. The van der Waals surface area contributed by atoms with E-state index in [2.05, 4.69) is 10.6 Å². The number of aliphatic hydroxyl groups is 3. The molecule has 2 aliphatic heterocycles. The van der Waals surface area contributed by atoms with Gasteiger partial charge in [0.2, 0.25) is 17.7 Å². The molecule has 5 atom stereocenters. The molecule has 1 amide bonds. The van der Waals surface area contributed by atoms with E-state index in [-0.39, 0.29) is 0 Å². The standard InChI is InChI=1S/C9H16N2O6/c1-4(13)10-9-7(15)6(14)5(3-12)17(16)8(9,2)11-9/h5-7,11-12,14-16H,3H2,1-2H3/p+1/t5-,6-,7+,8-,9+/m1/s1. The van der Waals surface area contributed by atoms with Gasteiger partial charge in [-0.1, -0.05) is 0 Å². The molecule has 2 fully saturated rings. The number of aliphatic hydroxyl groups excluding tert-OH is 3. The Balaban J connectivity index is 2.31. The van der Waals surface area contributed by atoms with Crippen molar-refractivity contribution in [3.05, 3.63) is 0 Å². The molecule has 2 heterocycles. The number of nitrogens with one attached hydrogen (secondary N) is 2. The van der Waals surface area contributed by atoms with Crippen LogP contribution in [0.25, 0.3) is 0 Å². The second-order valence-corrected chi connectivity index (χ2v) is 4.62. The first-order valence-corrected chi connectivity index (χ1v) is 5.27. The van der Waals surface area contributed by atoms with Crippen LogP contribution in [0, 0.1) is 0 Å². The van der Waals surface area contributed by atoms with Gasteiger partial charge in [0, 0.05) is 13.8 Å². The Morgan fingerprint density at radius 1 is 1.53 bits per heavy atom. The lowest BCUT2D eigenvalue weighted by molar-refractivity contribution is -0.523. The van der Waals surface area contributed by atoms with E-state index >= 15 is 0 Å². The van der Waals surface area contributed by atoms with Gasteiger partial charge in [-0.15, -0.1) is 5.26 Å². The summed E-state index contributed by atoms with van der Waals surface area (Å²) in [5, 5.41) is 43.8. The Kier molecular flexibility index (Phi) is 2.69. The van der Waals surface area contributed by atoms with E-state index in [1.54, 1.807) is 4.52 Å². The average molecular weight is 249 g/mol. The Labute approximate surface area is 97.4 Å². The van der Waals surface area contributed by atoms with Crippen LogP contribution in [0.2, 0.25) is 0 Å². The molecule has 0 aromatic carbocycles. The van der Waals surface area contributed by atoms with Crippen LogP contribution in [-0.4, -0.2) is 62.8 Å². The van der Waals surface area contributed by atoms with Crippen LogP contribution >= 0.6 is 0 Å². The van der Waals surface area contributed by atoms with Gasteiger partial charge in [-0.2, -0.15) is 0 Å². The molecule has 6 N–H and O–H groups in total. The lowest BCUT2D eigenvalue weighted by Crippen LogP contribution is -2.67. The fourth-order valence-electron chi connectivity index (χ4n) is 2.49. The van der Waals surface area contributed by atoms with Crippen molar-refractivity contribution in [1.29, 1.82) is 0 Å². The molecule has 8 nitrogen and oxygen atoms in total. The van der Waals surface area contributed by atoms with Gasteiger partial charge in [0.25, 0.3) is 5.72 Å². The molecule has 0 bridgehead atoms. The molecule has 0 aromatic rings. The highest BCUT2D eigenvalue weighted by Gasteiger charge is 2.85. The molecule has 0 aromatic heterocycles. The molecule has 0 saturated carbocycles. The normalized spacial score (nSPS) is 49.6. The Morgan fingerprint density at radius 2 is 2.12 bits per heavy atom. The number of fused-ring (bicyclic) bond motifs is 1. The van der Waals surface area contributed by atoms with Crippen LogP contribution in [0.4, 0.5) is 0 Å². The van der Waals surface area contributed by atoms with Crippen LogP contribution in [0.1, 0.15) is 13.8 Å². The summed E-state index contributed by atoms with van der Waals surface area (Å²) in [6, 6.07) is 0. The summed E-state index contributed by atoms with van der Waals surface area (Å²) >= 11 is 0. The van der Waals surface area contributed by atoms with Crippen molar-refractivity contribution in [3.63, 3.8) is 0 Å². The van der Waals surface area contributed by atoms with Gasteiger partial charge in [-0.3, -0.25) is 4.79 Å². The number of rotatable bonds is 2. The van der Waals surface area contributed by atoms with Crippen molar-refractivity contribution in [2.24, 2.45) is 0 Å². The molecule has 8 heteroatoms. The largest absolute Gasteiger partial charge is 0.388 e. The van der Waals surface area contributed by atoms with Crippen LogP contribution < -0.4 is 10.6 Å². The molecule has 0 aliphatic carbocycles. The summed E-state index contributed by atoms with van der Waals surface area (Å²) in [4.78, 5) is 11.1. The number of carbonyl (C=O) groups is 1. The van der Waals surface area contributed by atoms with Gasteiger partial charge in [0.05, 0.1) is 0 Å². The predicted octanol–water partition coefficient (Wildman–Crippen LogP) is -2.74. The highest BCUT2D eigenvalue weighted by molar-refractivity contribution is 5.75. The molecule has 0 spiro atoms. The summed E-state index contributed by atoms with van der Waals surface area (Å²) in [6.07, 6.45) is -3.85. The minimum atomic E-state index is -1.41. The van der Waals surface area contributed by atoms with Gasteiger partial charge in [-0.05, 0) is 0 Å². The quantitative estimate of drug-likeness (QED) is 0.178. The summed E-state index contributed by atoms with van der Waals surface area (Å²) < 4.78 is 1.63. The molecular weight excluding hydrogens is 232 g/mol. The third-order valence-corrected chi connectivity index (χ3v) is 3.53. The van der Waals surface area contributed by atoms with Crippen molar-refractivity contribution < 1.29 is 29.9 Å². The molecular formula is C9H17N2O6+. The first kappa shape index (κ1) is 12.7. The maximum atomic E-state index is 11.1. The number of amides is 1. The first-order chi connectivity index (χ1) is 7.80. The maximum absolute atomic E-state index is 11.1. The fourth-order valence-corrected chi connectivity index (χ4v) is 2.49. The van der Waals surface area contributed by atoms with E-state index in [1.165, 1.54) is 13.8 Å². The summed E-state index contributed by atoms with van der Waals surface area (Å²) in [7, 11) is 0. The third kappa shape index (κ3) is 1.43. The molecule has 2 aliphatic rings. The fraction of sp³-hybridized carbons (Fsp3) is 0.889. The summed E-state index contributed by atoms with van der Waals surface area (Å²) in [5.74, 6) is -0.413. The zero-order valence-electron chi connectivity index (χ0n) is 9.54. The van der Waals surface area contributed by atoms with E-state index in [0.29, 0.717) is 0 Å². The van der Waals surface area contributed by atoms with Crippen LogP contribution in [0.3, 0.4) is 0 Å². The lowest BCUT2D eigenvalue weighted by atomic mass is 9.93. The predicted molar refractivity (Wildman–Crippen MR) is 54.7 cm³/mol. The second-order valence-electron chi connectivity index (χ2n) is 4.62. The van der Waals surface area contributed by atoms with Crippen LogP contribution in [0.5, 0.6) is 0 Å². The Morgan fingerprint density at radius 3 is 2.59 bits per heavy atom.